The lowest BCUT2D eigenvalue weighted by Gasteiger charge is -2.34. The van der Waals surface area contributed by atoms with E-state index >= 15 is 0 Å². The smallest absolute Gasteiger partial charge is 0.261 e. The zero-order chi connectivity index (χ0) is 28.1. The standard InChI is InChI=1S/C36H41NO3/c1-4-6-8-10-15-25(16-11-9-7-5-2)37-35(38)31-20-14-19-30-28(21-22-32(34(30)31)36(37)39)27-23-24-33(40-3)29-18-13-12-17-26(27)29/h12-14,17-25H,4-11,15-16H2,1-3H3. The van der Waals surface area contributed by atoms with E-state index < -0.39 is 0 Å². The van der Waals surface area contributed by atoms with Gasteiger partial charge < -0.3 is 4.74 Å². The van der Waals surface area contributed by atoms with Crippen LogP contribution in [0.3, 0.4) is 0 Å². The number of methoxy groups -OCH3 is 1. The molecule has 0 aliphatic carbocycles. The number of hydrogen-bond acceptors (Lipinski definition) is 3. The van der Waals surface area contributed by atoms with Crippen molar-refractivity contribution in [2.45, 2.75) is 84.1 Å². The van der Waals surface area contributed by atoms with E-state index in [1.165, 1.54) is 25.7 Å². The first-order chi connectivity index (χ1) is 19.6. The molecular formula is C36H41NO3. The Labute approximate surface area is 238 Å². The zero-order valence-electron chi connectivity index (χ0n) is 24.2. The van der Waals surface area contributed by atoms with Gasteiger partial charge in [0, 0.05) is 27.9 Å². The molecule has 1 heterocycles. The van der Waals surface area contributed by atoms with E-state index in [9.17, 15) is 9.59 Å². The van der Waals surface area contributed by atoms with Gasteiger partial charge in [-0.3, -0.25) is 14.5 Å². The third kappa shape index (κ3) is 5.24. The number of hydrogen-bond donors (Lipinski definition) is 0. The Balaban J connectivity index is 1.56. The lowest BCUT2D eigenvalue weighted by atomic mass is 9.86. The number of amides is 2. The highest BCUT2D eigenvalue weighted by Crippen LogP contribution is 2.41. The summed E-state index contributed by atoms with van der Waals surface area (Å²) in [5.74, 6) is 0.540. The average Bonchev–Trinajstić information content (AvgIpc) is 2.99. The van der Waals surface area contributed by atoms with Crippen molar-refractivity contribution in [2.75, 3.05) is 7.11 Å². The second-order valence-corrected chi connectivity index (χ2v) is 11.1. The van der Waals surface area contributed by atoms with Crippen molar-refractivity contribution in [2.24, 2.45) is 0 Å². The van der Waals surface area contributed by atoms with Crippen molar-refractivity contribution >= 4 is 33.4 Å². The molecule has 0 unspecified atom stereocenters. The number of ether oxygens (including phenoxy) is 1. The highest BCUT2D eigenvalue weighted by atomic mass is 16.5. The third-order valence-electron chi connectivity index (χ3n) is 8.48. The Hall–Kier alpha value is -3.66. The molecule has 5 rings (SSSR count). The molecule has 40 heavy (non-hydrogen) atoms. The predicted octanol–water partition coefficient (Wildman–Crippen LogP) is 9.57. The quantitative estimate of drug-likeness (QED) is 0.126. The van der Waals surface area contributed by atoms with Crippen molar-refractivity contribution in [3.8, 4) is 16.9 Å². The maximum Gasteiger partial charge on any atom is 0.261 e. The van der Waals surface area contributed by atoms with Gasteiger partial charge in [0.15, 0.2) is 0 Å². The van der Waals surface area contributed by atoms with Crippen LogP contribution in [0.1, 0.15) is 98.8 Å². The summed E-state index contributed by atoms with van der Waals surface area (Å²) >= 11 is 0. The Morgan fingerprint density at radius 2 is 1.15 bits per heavy atom. The van der Waals surface area contributed by atoms with Crippen LogP contribution in [-0.4, -0.2) is 29.9 Å². The van der Waals surface area contributed by atoms with Crippen molar-refractivity contribution in [3.05, 3.63) is 77.9 Å². The van der Waals surface area contributed by atoms with E-state index in [4.69, 9.17) is 4.74 Å². The number of rotatable bonds is 13. The minimum atomic E-state index is -0.143. The molecule has 208 valence electrons. The Morgan fingerprint density at radius 3 is 1.80 bits per heavy atom. The molecule has 1 aliphatic rings. The highest BCUT2D eigenvalue weighted by molar-refractivity contribution is 6.27. The fourth-order valence-electron chi connectivity index (χ4n) is 6.38. The molecule has 0 saturated heterocycles. The summed E-state index contributed by atoms with van der Waals surface area (Å²) in [5.41, 5.74) is 3.36. The lowest BCUT2D eigenvalue weighted by Crippen LogP contribution is -2.47. The highest BCUT2D eigenvalue weighted by Gasteiger charge is 2.37. The minimum absolute atomic E-state index is 0.0534. The van der Waals surface area contributed by atoms with Crippen LogP contribution in [0.5, 0.6) is 5.75 Å². The fraction of sp³-hybridized carbons (Fsp3) is 0.389. The summed E-state index contributed by atoms with van der Waals surface area (Å²) < 4.78 is 5.62. The number of unbranched alkanes of at least 4 members (excludes halogenated alkanes) is 6. The molecule has 4 aromatic carbocycles. The van der Waals surface area contributed by atoms with Crippen LogP contribution in [-0.2, 0) is 0 Å². The SMILES string of the molecule is CCCCCCC(CCCCCC)N1C(=O)c2cccc3c(-c4ccc(OC)c5ccccc45)ccc(c23)C1=O. The Bertz CT molecular complexity index is 1490. The molecule has 0 spiro atoms. The second-order valence-electron chi connectivity index (χ2n) is 11.1. The fourth-order valence-corrected chi connectivity index (χ4v) is 6.38. The largest absolute Gasteiger partial charge is 0.496 e. The van der Waals surface area contributed by atoms with Crippen molar-refractivity contribution in [1.82, 2.24) is 4.90 Å². The monoisotopic (exact) mass is 535 g/mol. The molecule has 2 amide bonds. The molecule has 0 bridgehead atoms. The molecule has 0 aromatic heterocycles. The molecular weight excluding hydrogens is 494 g/mol. The van der Waals surface area contributed by atoms with E-state index in [2.05, 4.69) is 38.1 Å². The molecule has 0 saturated carbocycles. The number of fused-ring (bicyclic) bond motifs is 1. The maximum absolute atomic E-state index is 14.1. The first-order valence-electron chi connectivity index (χ1n) is 15.1. The molecule has 0 fully saturated rings. The minimum Gasteiger partial charge on any atom is -0.496 e. The molecule has 0 N–H and O–H groups in total. The van der Waals surface area contributed by atoms with E-state index in [0.29, 0.717) is 11.1 Å². The number of imide groups is 1. The number of carbonyl (C=O) groups excluding carboxylic acids is 2. The summed E-state index contributed by atoms with van der Waals surface area (Å²) in [6.45, 7) is 4.42. The van der Waals surface area contributed by atoms with Gasteiger partial charge in [0.25, 0.3) is 11.8 Å². The molecule has 4 aromatic rings. The molecule has 4 heteroatoms. The van der Waals surface area contributed by atoms with Gasteiger partial charge in [0.2, 0.25) is 0 Å². The van der Waals surface area contributed by atoms with Crippen LogP contribution in [0.15, 0.2) is 66.7 Å². The summed E-state index contributed by atoms with van der Waals surface area (Å²) in [6.07, 6.45) is 10.9. The van der Waals surface area contributed by atoms with Crippen molar-refractivity contribution in [3.63, 3.8) is 0 Å². The summed E-state index contributed by atoms with van der Waals surface area (Å²) in [4.78, 5) is 29.7. The number of carbonyl (C=O) groups is 2. The van der Waals surface area contributed by atoms with Gasteiger partial charge in [-0.05, 0) is 52.9 Å². The van der Waals surface area contributed by atoms with Gasteiger partial charge in [-0.2, -0.15) is 0 Å². The van der Waals surface area contributed by atoms with Gasteiger partial charge in [-0.25, -0.2) is 0 Å². The average molecular weight is 536 g/mol. The normalized spacial score (nSPS) is 13.2. The first-order valence-corrected chi connectivity index (χ1v) is 15.1. The van der Waals surface area contributed by atoms with Crippen LogP contribution in [0.25, 0.3) is 32.7 Å². The maximum atomic E-state index is 14.1. The van der Waals surface area contributed by atoms with E-state index in [1.807, 2.05) is 42.5 Å². The van der Waals surface area contributed by atoms with Crippen LogP contribution in [0.2, 0.25) is 0 Å². The van der Waals surface area contributed by atoms with Gasteiger partial charge in [-0.15, -0.1) is 0 Å². The first kappa shape index (κ1) is 27.9. The van der Waals surface area contributed by atoms with Crippen LogP contribution >= 0.6 is 0 Å². The molecule has 0 atom stereocenters. The van der Waals surface area contributed by atoms with E-state index in [1.54, 1.807) is 12.0 Å². The van der Waals surface area contributed by atoms with Gasteiger partial charge in [0.05, 0.1) is 7.11 Å². The van der Waals surface area contributed by atoms with E-state index in [-0.39, 0.29) is 17.9 Å². The van der Waals surface area contributed by atoms with Gasteiger partial charge in [0.1, 0.15) is 5.75 Å². The van der Waals surface area contributed by atoms with Gasteiger partial charge >= 0.3 is 0 Å². The Morgan fingerprint density at radius 1 is 0.600 bits per heavy atom. The van der Waals surface area contributed by atoms with E-state index in [0.717, 1.165) is 76.9 Å². The topological polar surface area (TPSA) is 46.6 Å². The van der Waals surface area contributed by atoms with Gasteiger partial charge in [-0.1, -0.05) is 114 Å². The summed E-state index contributed by atoms with van der Waals surface area (Å²) in [6, 6.07) is 22.1. The molecule has 1 aliphatic heterocycles. The Kier molecular flexibility index (Phi) is 8.84. The van der Waals surface area contributed by atoms with Crippen LogP contribution < -0.4 is 4.74 Å². The summed E-state index contributed by atoms with van der Waals surface area (Å²) in [5, 5.41) is 3.84. The third-order valence-corrected chi connectivity index (χ3v) is 8.48. The molecule has 4 nitrogen and oxygen atoms in total. The number of benzene rings is 4. The second kappa shape index (κ2) is 12.7. The lowest BCUT2D eigenvalue weighted by molar-refractivity contribution is 0.0517. The van der Waals surface area contributed by atoms with Crippen molar-refractivity contribution in [1.29, 1.82) is 0 Å². The predicted molar refractivity (Wildman–Crippen MR) is 165 cm³/mol. The summed E-state index contributed by atoms with van der Waals surface area (Å²) in [7, 11) is 1.69. The zero-order valence-corrected chi connectivity index (χ0v) is 24.2. The number of nitrogens with zero attached hydrogens (tertiary/aromatic N) is 1. The van der Waals surface area contributed by atoms with Crippen LogP contribution in [0.4, 0.5) is 0 Å². The van der Waals surface area contributed by atoms with Crippen molar-refractivity contribution < 1.29 is 14.3 Å². The van der Waals surface area contributed by atoms with Crippen LogP contribution in [0, 0.1) is 0 Å². The molecule has 0 radical (unpaired) electrons.